The average Bonchev–Trinajstić information content (AvgIpc) is 1.80. The highest BCUT2D eigenvalue weighted by atomic mass is 19.4. The quantitative estimate of drug-likeness (QED) is 0.615. The molecule has 0 spiro atoms. The van der Waals surface area contributed by atoms with Gasteiger partial charge in [-0.25, -0.2) is 0 Å². The lowest BCUT2D eigenvalue weighted by Gasteiger charge is -2.39. The van der Waals surface area contributed by atoms with Crippen LogP contribution in [0.15, 0.2) is 0 Å². The van der Waals surface area contributed by atoms with Crippen molar-refractivity contribution in [2.24, 2.45) is 11.3 Å². The Labute approximate surface area is 78.3 Å². The third kappa shape index (κ3) is 1.83. The first kappa shape index (κ1) is 13.6. The van der Waals surface area contributed by atoms with Crippen molar-refractivity contribution in [3.63, 3.8) is 0 Å². The van der Waals surface area contributed by atoms with Crippen LogP contribution in [0.3, 0.4) is 0 Å². The predicted octanol–water partition coefficient (Wildman–Crippen LogP) is 4.16. The summed E-state index contributed by atoms with van der Waals surface area (Å²) in [6.07, 6.45) is -11.5. The average molecular weight is 222 g/mol. The Balaban J connectivity index is 5.45. The molecule has 0 aromatic heterocycles. The summed E-state index contributed by atoms with van der Waals surface area (Å²) in [6, 6.07) is 0. The van der Waals surface area contributed by atoms with Crippen molar-refractivity contribution in [2.45, 2.75) is 39.5 Å². The lowest BCUT2D eigenvalue weighted by Crippen LogP contribution is -2.53. The lowest BCUT2D eigenvalue weighted by molar-refractivity contribution is -0.356. The minimum Gasteiger partial charge on any atom is -0.170 e. The molecule has 0 saturated heterocycles. The normalized spacial score (nSPS) is 15.0. The van der Waals surface area contributed by atoms with Gasteiger partial charge in [-0.3, -0.25) is 0 Å². The molecule has 0 nitrogen and oxygen atoms in total. The molecule has 0 aromatic rings. The van der Waals surface area contributed by atoms with Crippen molar-refractivity contribution >= 4 is 0 Å². The van der Waals surface area contributed by atoms with Gasteiger partial charge in [-0.15, -0.1) is 0 Å². The fourth-order valence-corrected chi connectivity index (χ4v) is 1.62. The van der Waals surface area contributed by atoms with Gasteiger partial charge in [-0.2, -0.15) is 26.3 Å². The minimum atomic E-state index is -5.26. The van der Waals surface area contributed by atoms with Crippen LogP contribution >= 0.6 is 0 Å². The van der Waals surface area contributed by atoms with E-state index in [0.29, 0.717) is 0 Å². The van der Waals surface area contributed by atoms with Crippen LogP contribution in [0.5, 0.6) is 0 Å². The van der Waals surface area contributed by atoms with Crippen LogP contribution in [0.4, 0.5) is 26.3 Å². The molecule has 0 rings (SSSR count). The fraction of sp³-hybridized carbons (Fsp3) is 1.00. The molecule has 0 aliphatic carbocycles. The van der Waals surface area contributed by atoms with Gasteiger partial charge in [-0.05, 0) is 12.3 Å². The van der Waals surface area contributed by atoms with Crippen LogP contribution in [0, 0.1) is 11.3 Å². The van der Waals surface area contributed by atoms with Gasteiger partial charge in [-0.1, -0.05) is 20.8 Å². The highest BCUT2D eigenvalue weighted by molar-refractivity contribution is 4.94. The minimum absolute atomic E-state index is 0.904. The topological polar surface area (TPSA) is 0 Å². The Hall–Kier alpha value is -0.420. The van der Waals surface area contributed by atoms with Gasteiger partial charge in [0.1, 0.15) is 0 Å². The number of halogens is 6. The molecule has 14 heavy (non-hydrogen) atoms. The molecule has 0 N–H and O–H groups in total. The summed E-state index contributed by atoms with van der Waals surface area (Å²) in [5, 5.41) is 0. The highest BCUT2D eigenvalue weighted by Crippen LogP contribution is 2.56. The van der Waals surface area contributed by atoms with Gasteiger partial charge in [0.15, 0.2) is 5.41 Å². The molecular weight excluding hydrogens is 210 g/mol. The second kappa shape index (κ2) is 3.62. The van der Waals surface area contributed by atoms with Gasteiger partial charge in [0.05, 0.1) is 0 Å². The summed E-state index contributed by atoms with van der Waals surface area (Å²) in [6.45, 7) is 2.77. The third-order valence-corrected chi connectivity index (χ3v) is 2.55. The molecule has 0 saturated carbocycles. The zero-order chi connectivity index (χ0) is 11.8. The maximum Gasteiger partial charge on any atom is 0.403 e. The fourth-order valence-electron chi connectivity index (χ4n) is 1.62. The number of hydrogen-bond acceptors (Lipinski definition) is 0. The van der Waals surface area contributed by atoms with E-state index in [4.69, 9.17) is 0 Å². The van der Waals surface area contributed by atoms with E-state index < -0.39 is 30.1 Å². The molecule has 0 heterocycles. The molecule has 0 radical (unpaired) electrons. The number of rotatable bonds is 2. The zero-order valence-electron chi connectivity index (χ0n) is 8.05. The summed E-state index contributed by atoms with van der Waals surface area (Å²) < 4.78 is 74.4. The molecule has 6 heteroatoms. The molecule has 0 fully saturated rings. The van der Waals surface area contributed by atoms with Crippen molar-refractivity contribution in [1.82, 2.24) is 0 Å². The van der Waals surface area contributed by atoms with E-state index in [1.807, 2.05) is 0 Å². The SMILES string of the molecule is CCC(C(C)C)(C(F)(F)F)C(F)(F)F. The lowest BCUT2D eigenvalue weighted by atomic mass is 9.73. The standard InChI is InChI=1S/C8H12F6/c1-4-6(5(2)3,7(9,10)11)8(12,13)14/h5H,4H2,1-3H3. The maximum atomic E-state index is 12.4. The Morgan fingerprint density at radius 3 is 1.14 bits per heavy atom. The van der Waals surface area contributed by atoms with Crippen LogP contribution in [0.1, 0.15) is 27.2 Å². The van der Waals surface area contributed by atoms with Crippen molar-refractivity contribution in [2.75, 3.05) is 0 Å². The van der Waals surface area contributed by atoms with E-state index >= 15 is 0 Å². The van der Waals surface area contributed by atoms with E-state index in [9.17, 15) is 26.3 Å². The number of hydrogen-bond donors (Lipinski definition) is 0. The molecule has 0 aromatic carbocycles. The second-order valence-corrected chi connectivity index (χ2v) is 3.48. The Morgan fingerprint density at radius 2 is 1.14 bits per heavy atom. The first-order chi connectivity index (χ1) is 6.00. The first-order valence-corrected chi connectivity index (χ1v) is 4.14. The van der Waals surface area contributed by atoms with Crippen LogP contribution in [0.2, 0.25) is 0 Å². The Kier molecular flexibility index (Phi) is 3.51. The van der Waals surface area contributed by atoms with Crippen molar-refractivity contribution < 1.29 is 26.3 Å². The van der Waals surface area contributed by atoms with Crippen LogP contribution in [0.25, 0.3) is 0 Å². The molecular formula is C8H12F6. The third-order valence-electron chi connectivity index (χ3n) is 2.55. The van der Waals surface area contributed by atoms with E-state index in [1.54, 1.807) is 0 Å². The van der Waals surface area contributed by atoms with E-state index in [0.717, 1.165) is 20.8 Å². The van der Waals surface area contributed by atoms with E-state index in [2.05, 4.69) is 0 Å². The first-order valence-electron chi connectivity index (χ1n) is 4.14. The van der Waals surface area contributed by atoms with Crippen molar-refractivity contribution in [1.29, 1.82) is 0 Å². The van der Waals surface area contributed by atoms with Crippen molar-refractivity contribution in [3.8, 4) is 0 Å². The summed E-state index contributed by atoms with van der Waals surface area (Å²) in [7, 11) is 0. The van der Waals surface area contributed by atoms with E-state index in [1.165, 1.54) is 0 Å². The van der Waals surface area contributed by atoms with Crippen molar-refractivity contribution in [3.05, 3.63) is 0 Å². The maximum absolute atomic E-state index is 12.4. The Bertz CT molecular complexity index is 173. The van der Waals surface area contributed by atoms with Gasteiger partial charge in [0.25, 0.3) is 0 Å². The molecule has 0 aliphatic heterocycles. The van der Waals surface area contributed by atoms with Crippen LogP contribution in [-0.4, -0.2) is 12.4 Å². The van der Waals surface area contributed by atoms with Gasteiger partial charge in [0.2, 0.25) is 0 Å². The molecule has 0 aliphatic rings. The van der Waals surface area contributed by atoms with Gasteiger partial charge in [0, 0.05) is 0 Å². The smallest absolute Gasteiger partial charge is 0.170 e. The van der Waals surface area contributed by atoms with Crippen LogP contribution in [-0.2, 0) is 0 Å². The largest absolute Gasteiger partial charge is 0.403 e. The van der Waals surface area contributed by atoms with Gasteiger partial charge < -0.3 is 0 Å². The monoisotopic (exact) mass is 222 g/mol. The number of alkyl halides is 6. The van der Waals surface area contributed by atoms with Gasteiger partial charge >= 0.3 is 12.4 Å². The molecule has 0 amide bonds. The van der Waals surface area contributed by atoms with E-state index in [-0.39, 0.29) is 0 Å². The highest BCUT2D eigenvalue weighted by Gasteiger charge is 2.70. The summed E-state index contributed by atoms with van der Waals surface area (Å²) in [5.74, 6) is -1.52. The summed E-state index contributed by atoms with van der Waals surface area (Å²) in [4.78, 5) is 0. The molecule has 0 bridgehead atoms. The zero-order valence-corrected chi connectivity index (χ0v) is 8.05. The molecule has 0 unspecified atom stereocenters. The predicted molar refractivity (Wildman–Crippen MR) is 39.7 cm³/mol. The summed E-state index contributed by atoms with van der Waals surface area (Å²) >= 11 is 0. The molecule has 86 valence electrons. The molecule has 0 atom stereocenters. The second-order valence-electron chi connectivity index (χ2n) is 3.48. The summed E-state index contributed by atoms with van der Waals surface area (Å²) in [5.41, 5.74) is -3.58. The van der Waals surface area contributed by atoms with Crippen LogP contribution < -0.4 is 0 Å². The Morgan fingerprint density at radius 1 is 0.857 bits per heavy atom.